The van der Waals surface area contributed by atoms with E-state index in [0.717, 1.165) is 36.6 Å². The lowest BCUT2D eigenvalue weighted by atomic mass is 10.2. The van der Waals surface area contributed by atoms with E-state index in [9.17, 15) is 19.8 Å². The summed E-state index contributed by atoms with van der Waals surface area (Å²) in [5.74, 6) is -0.211. The summed E-state index contributed by atoms with van der Waals surface area (Å²) in [6, 6.07) is 11.5. The van der Waals surface area contributed by atoms with Gasteiger partial charge in [-0.2, -0.15) is 5.10 Å². The van der Waals surface area contributed by atoms with E-state index in [1.54, 1.807) is 22.0 Å². The van der Waals surface area contributed by atoms with Crippen molar-refractivity contribution in [2.75, 3.05) is 12.4 Å². The second-order valence-corrected chi connectivity index (χ2v) is 10.4. The highest BCUT2D eigenvalue weighted by Gasteiger charge is 2.24. The molecule has 1 amide bonds. The lowest BCUT2D eigenvalue weighted by Gasteiger charge is -2.13. The number of aromatic nitrogens is 2. The fraction of sp³-hybridized carbons (Fsp3) is 0.231. The van der Waals surface area contributed by atoms with Gasteiger partial charge in [0.1, 0.15) is 10.6 Å². The second kappa shape index (κ2) is 10.7. The first-order chi connectivity index (χ1) is 17.9. The summed E-state index contributed by atoms with van der Waals surface area (Å²) in [6.45, 7) is 2.45. The zero-order valence-corrected chi connectivity index (χ0v) is 21.6. The molecule has 0 spiro atoms. The van der Waals surface area contributed by atoms with Gasteiger partial charge >= 0.3 is 0 Å². The normalized spacial score (nSPS) is 12.8. The Morgan fingerprint density at radius 1 is 1.22 bits per heavy atom. The zero-order valence-electron chi connectivity index (χ0n) is 19.9. The first-order valence-electron chi connectivity index (χ1n) is 11.7. The first-order valence-corrected chi connectivity index (χ1v) is 13.5. The van der Waals surface area contributed by atoms with Crippen molar-refractivity contribution in [3.05, 3.63) is 68.8 Å². The highest BCUT2D eigenvalue weighted by Crippen LogP contribution is 2.36. The molecule has 0 atom stereocenters. The van der Waals surface area contributed by atoms with Gasteiger partial charge in [-0.15, -0.1) is 11.3 Å². The van der Waals surface area contributed by atoms with Crippen LogP contribution in [0.2, 0.25) is 0 Å². The average Bonchev–Trinajstić information content (AvgIpc) is 3.47. The standard InChI is InChI=1S/C26H24N4O5S2/c1-2-35-17-9-7-16(8-10-17)30-25(34)23-18-4-3-5-21(18)37-24(23)28-26(30)36-14-22(33)29-27-13-15-6-11-19(31)20(32)12-15/h6-13,31-32H,2-5,14H2,1H3,(H,29,33). The molecule has 5 rings (SSSR count). The molecule has 0 saturated heterocycles. The van der Waals surface area contributed by atoms with Crippen LogP contribution in [0.25, 0.3) is 15.9 Å². The van der Waals surface area contributed by atoms with Crippen molar-refractivity contribution < 1.29 is 19.7 Å². The van der Waals surface area contributed by atoms with Gasteiger partial charge in [0.2, 0.25) is 0 Å². The molecule has 9 nitrogen and oxygen atoms in total. The molecule has 0 bridgehead atoms. The Morgan fingerprint density at radius 3 is 2.78 bits per heavy atom. The molecule has 0 radical (unpaired) electrons. The number of nitrogens with zero attached hydrogens (tertiary/aromatic N) is 3. The van der Waals surface area contributed by atoms with Gasteiger partial charge in [0.25, 0.3) is 11.5 Å². The van der Waals surface area contributed by atoms with Crippen molar-refractivity contribution in [3.63, 3.8) is 0 Å². The number of carbonyl (C=O) groups is 1. The van der Waals surface area contributed by atoms with Crippen molar-refractivity contribution in [1.82, 2.24) is 15.0 Å². The predicted molar refractivity (Wildman–Crippen MR) is 145 cm³/mol. The lowest BCUT2D eigenvalue weighted by Crippen LogP contribution is -2.24. The van der Waals surface area contributed by atoms with Crippen LogP contribution >= 0.6 is 23.1 Å². The van der Waals surface area contributed by atoms with Gasteiger partial charge in [-0.05, 0) is 79.8 Å². The molecule has 0 unspecified atom stereocenters. The third kappa shape index (κ3) is 5.18. The molecule has 2 aromatic carbocycles. The fourth-order valence-corrected chi connectivity index (χ4v) is 6.28. The molecular formula is C26H24N4O5S2. The highest BCUT2D eigenvalue weighted by atomic mass is 32.2. The van der Waals surface area contributed by atoms with Crippen molar-refractivity contribution in [2.24, 2.45) is 5.10 Å². The summed E-state index contributed by atoms with van der Waals surface area (Å²) in [5, 5.41) is 24.0. The molecule has 37 heavy (non-hydrogen) atoms. The van der Waals surface area contributed by atoms with Gasteiger partial charge in [-0.3, -0.25) is 14.2 Å². The van der Waals surface area contributed by atoms with Crippen molar-refractivity contribution in [2.45, 2.75) is 31.3 Å². The van der Waals surface area contributed by atoms with Gasteiger partial charge in [-0.1, -0.05) is 11.8 Å². The molecule has 0 aliphatic heterocycles. The maximum atomic E-state index is 13.7. The number of hydrogen-bond acceptors (Lipinski definition) is 9. The minimum Gasteiger partial charge on any atom is -0.504 e. The number of aryl methyl sites for hydroxylation is 2. The number of fused-ring (bicyclic) bond motifs is 3. The molecule has 0 saturated carbocycles. The summed E-state index contributed by atoms with van der Waals surface area (Å²) in [6.07, 6.45) is 4.23. The number of amides is 1. The van der Waals surface area contributed by atoms with E-state index in [2.05, 4.69) is 10.5 Å². The van der Waals surface area contributed by atoms with Crippen LogP contribution in [0, 0.1) is 0 Å². The molecule has 3 N–H and O–H groups in total. The summed E-state index contributed by atoms with van der Waals surface area (Å²) in [4.78, 5) is 32.9. The number of nitrogens with one attached hydrogen (secondary N) is 1. The molecule has 2 aromatic heterocycles. The number of carbonyl (C=O) groups excluding carboxylic acids is 1. The SMILES string of the molecule is CCOc1ccc(-n2c(SCC(=O)NN=Cc3ccc(O)c(O)c3)nc3sc4c(c3c2=O)CCC4)cc1. The number of rotatable bonds is 8. The monoisotopic (exact) mass is 536 g/mol. The van der Waals surface area contributed by atoms with Crippen LogP contribution in [-0.2, 0) is 17.6 Å². The van der Waals surface area contributed by atoms with Crippen LogP contribution in [-0.4, -0.2) is 44.2 Å². The Hall–Kier alpha value is -3.83. The maximum Gasteiger partial charge on any atom is 0.267 e. The Bertz CT molecular complexity index is 1560. The van der Waals surface area contributed by atoms with Gasteiger partial charge < -0.3 is 14.9 Å². The van der Waals surface area contributed by atoms with Gasteiger partial charge in [-0.25, -0.2) is 10.4 Å². The molecule has 1 aliphatic rings. The molecule has 11 heteroatoms. The number of thioether (sulfide) groups is 1. The molecule has 0 fully saturated rings. The van der Waals surface area contributed by atoms with E-state index in [-0.39, 0.29) is 28.7 Å². The number of thiophene rings is 1. The Kier molecular flexibility index (Phi) is 7.15. The van der Waals surface area contributed by atoms with Gasteiger partial charge in [0.05, 0.1) is 29.6 Å². The van der Waals surface area contributed by atoms with Gasteiger partial charge in [0.15, 0.2) is 16.7 Å². The summed E-state index contributed by atoms with van der Waals surface area (Å²) in [7, 11) is 0. The average molecular weight is 537 g/mol. The van der Waals surface area contributed by atoms with E-state index in [1.165, 1.54) is 23.2 Å². The number of benzene rings is 2. The van der Waals surface area contributed by atoms with Crippen LogP contribution in [0.1, 0.15) is 29.3 Å². The van der Waals surface area contributed by atoms with Crippen LogP contribution in [0.4, 0.5) is 0 Å². The van der Waals surface area contributed by atoms with Crippen molar-refractivity contribution >= 4 is 45.4 Å². The van der Waals surface area contributed by atoms with E-state index >= 15 is 0 Å². The number of hydrazone groups is 1. The Morgan fingerprint density at radius 2 is 2.03 bits per heavy atom. The molecule has 2 heterocycles. The fourth-order valence-electron chi connectivity index (χ4n) is 4.17. The molecular weight excluding hydrogens is 512 g/mol. The number of ether oxygens (including phenoxy) is 1. The highest BCUT2D eigenvalue weighted by molar-refractivity contribution is 7.99. The van der Waals surface area contributed by atoms with Crippen LogP contribution < -0.4 is 15.7 Å². The van der Waals surface area contributed by atoms with Crippen molar-refractivity contribution in [1.29, 1.82) is 0 Å². The Balaban J connectivity index is 1.40. The quantitative estimate of drug-likeness (QED) is 0.102. The third-order valence-corrected chi connectivity index (χ3v) is 7.97. The Labute approximate surface area is 220 Å². The number of phenols is 2. The van der Waals surface area contributed by atoms with Crippen LogP contribution in [0.3, 0.4) is 0 Å². The summed E-state index contributed by atoms with van der Waals surface area (Å²) in [5.41, 5.74) is 4.55. The maximum absolute atomic E-state index is 13.7. The lowest BCUT2D eigenvalue weighted by molar-refractivity contribution is -0.118. The van der Waals surface area contributed by atoms with E-state index in [4.69, 9.17) is 9.72 Å². The minimum absolute atomic E-state index is 0.0156. The molecule has 190 valence electrons. The van der Waals surface area contributed by atoms with E-state index in [1.807, 2.05) is 31.2 Å². The molecule has 1 aliphatic carbocycles. The summed E-state index contributed by atoms with van der Waals surface area (Å²) >= 11 is 2.71. The predicted octanol–water partition coefficient (Wildman–Crippen LogP) is 3.99. The topological polar surface area (TPSA) is 126 Å². The third-order valence-electron chi connectivity index (χ3n) is 5.85. The number of hydrogen-bond donors (Lipinski definition) is 3. The van der Waals surface area contributed by atoms with Crippen molar-refractivity contribution in [3.8, 4) is 22.9 Å². The first kappa shape index (κ1) is 24.8. The van der Waals surface area contributed by atoms with E-state index < -0.39 is 0 Å². The van der Waals surface area contributed by atoms with Crippen LogP contribution in [0.15, 0.2) is 57.5 Å². The molecule has 4 aromatic rings. The smallest absolute Gasteiger partial charge is 0.267 e. The zero-order chi connectivity index (χ0) is 25.9. The van der Waals surface area contributed by atoms with E-state index in [0.29, 0.717) is 39.0 Å². The number of phenolic OH excluding ortho intramolecular Hbond substituents is 2. The number of aromatic hydroxyl groups is 2. The largest absolute Gasteiger partial charge is 0.504 e. The second-order valence-electron chi connectivity index (χ2n) is 8.33. The van der Waals surface area contributed by atoms with Gasteiger partial charge in [0, 0.05) is 4.88 Å². The summed E-state index contributed by atoms with van der Waals surface area (Å²) < 4.78 is 7.10. The van der Waals surface area contributed by atoms with Crippen LogP contribution in [0.5, 0.6) is 17.2 Å². The minimum atomic E-state index is -0.384.